The molecule has 6 nitrogen and oxygen atoms in total. The van der Waals surface area contributed by atoms with Gasteiger partial charge in [0.15, 0.2) is 21.4 Å². The van der Waals surface area contributed by atoms with Crippen molar-refractivity contribution in [2.75, 3.05) is 19.9 Å². The van der Waals surface area contributed by atoms with Gasteiger partial charge in [-0.15, -0.1) is 11.8 Å². The average Bonchev–Trinajstić information content (AvgIpc) is 3.41. The van der Waals surface area contributed by atoms with Gasteiger partial charge >= 0.3 is 5.97 Å². The van der Waals surface area contributed by atoms with Crippen LogP contribution in [0.5, 0.6) is 0 Å². The van der Waals surface area contributed by atoms with Gasteiger partial charge in [-0.2, -0.15) is 0 Å². The van der Waals surface area contributed by atoms with Crippen LogP contribution in [0.4, 0.5) is 0 Å². The number of sulfone groups is 1. The van der Waals surface area contributed by atoms with Gasteiger partial charge in [-0.25, -0.2) is 13.2 Å². The maximum absolute atomic E-state index is 13.0. The molecule has 1 heterocycles. The number of rotatable bonds is 12. The van der Waals surface area contributed by atoms with Gasteiger partial charge in [0.2, 0.25) is 0 Å². The molecule has 3 aromatic carbocycles. The van der Waals surface area contributed by atoms with Gasteiger partial charge in [-0.05, 0) is 35.4 Å². The number of carbonyl (C=O) groups excluding carboxylic acids is 1. The third-order valence-electron chi connectivity index (χ3n) is 7.21. The van der Waals surface area contributed by atoms with E-state index < -0.39 is 38.1 Å². The average molecular weight is 582 g/mol. The van der Waals surface area contributed by atoms with Crippen molar-refractivity contribution in [1.82, 2.24) is 5.32 Å². The fourth-order valence-electron chi connectivity index (χ4n) is 5.43. The van der Waals surface area contributed by atoms with Gasteiger partial charge in [0, 0.05) is 24.1 Å². The van der Waals surface area contributed by atoms with Crippen LogP contribution in [-0.2, 0) is 28.9 Å². The Kier molecular flexibility index (Phi) is 10.1. The summed E-state index contributed by atoms with van der Waals surface area (Å²) in [5, 5.41) is 3.50. The van der Waals surface area contributed by atoms with Crippen LogP contribution in [0.15, 0.2) is 91.0 Å². The second-order valence-electron chi connectivity index (χ2n) is 10.7. The van der Waals surface area contributed by atoms with E-state index in [1.807, 2.05) is 43.8 Å². The van der Waals surface area contributed by atoms with Gasteiger partial charge in [-0.3, -0.25) is 0 Å². The second-order valence-corrected chi connectivity index (χ2v) is 14.4. The first-order valence-electron chi connectivity index (χ1n) is 13.6. The van der Waals surface area contributed by atoms with Crippen LogP contribution in [-0.4, -0.2) is 57.1 Å². The van der Waals surface area contributed by atoms with Crippen LogP contribution in [0.2, 0.25) is 0 Å². The van der Waals surface area contributed by atoms with E-state index in [-0.39, 0.29) is 11.2 Å². The van der Waals surface area contributed by atoms with Crippen molar-refractivity contribution >= 4 is 27.6 Å². The molecule has 1 N–H and O–H groups in total. The lowest BCUT2D eigenvalue weighted by Gasteiger charge is -2.37. The van der Waals surface area contributed by atoms with Crippen molar-refractivity contribution in [3.8, 4) is 0 Å². The Morgan fingerprint density at radius 2 is 1.40 bits per heavy atom. The van der Waals surface area contributed by atoms with Crippen molar-refractivity contribution in [3.63, 3.8) is 0 Å². The minimum Gasteiger partial charge on any atom is -0.467 e. The number of hydrogen-bond donors (Lipinski definition) is 1. The number of ether oxygens (including phenoxy) is 2. The van der Waals surface area contributed by atoms with Gasteiger partial charge in [-0.1, -0.05) is 105 Å². The summed E-state index contributed by atoms with van der Waals surface area (Å²) in [5.41, 5.74) is 2.29. The molecule has 1 aliphatic rings. The molecule has 0 aliphatic carbocycles. The maximum atomic E-state index is 13.0. The largest absolute Gasteiger partial charge is 0.467 e. The topological polar surface area (TPSA) is 81.7 Å². The predicted octanol–water partition coefficient (Wildman–Crippen LogP) is 5.42. The Hall–Kier alpha value is -2.65. The molecule has 1 aliphatic heterocycles. The van der Waals surface area contributed by atoms with Crippen LogP contribution in [0, 0.1) is 5.92 Å². The van der Waals surface area contributed by atoms with E-state index >= 15 is 0 Å². The van der Waals surface area contributed by atoms with Gasteiger partial charge in [0.25, 0.3) is 0 Å². The molecule has 1 fully saturated rings. The molecule has 3 aromatic rings. The first-order valence-corrected chi connectivity index (χ1v) is 16.5. The molecule has 0 aromatic heterocycles. The fourth-order valence-corrected chi connectivity index (χ4v) is 8.37. The zero-order chi connectivity index (χ0) is 28.8. The van der Waals surface area contributed by atoms with Crippen molar-refractivity contribution in [2.24, 2.45) is 5.92 Å². The summed E-state index contributed by atoms with van der Waals surface area (Å²) in [4.78, 5) is 12.5. The number of thioether (sulfide) groups is 1. The quantitative estimate of drug-likeness (QED) is 0.226. The minimum atomic E-state index is -3.65. The summed E-state index contributed by atoms with van der Waals surface area (Å²) in [5.74, 6) is -0.421. The highest BCUT2D eigenvalue weighted by atomic mass is 32.2. The third-order valence-corrected chi connectivity index (χ3v) is 10.2. The number of esters is 1. The normalized spacial score (nSPS) is 19.3. The molecule has 4 atom stereocenters. The first kappa shape index (κ1) is 30.3. The smallest absolute Gasteiger partial charge is 0.335 e. The Morgan fingerprint density at radius 1 is 0.925 bits per heavy atom. The lowest BCUT2D eigenvalue weighted by molar-refractivity contribution is -0.157. The molecular formula is C32H39NO5S2. The number of nitrogens with one attached hydrogen (secondary N) is 1. The summed E-state index contributed by atoms with van der Waals surface area (Å²) >= 11 is 1.83. The summed E-state index contributed by atoms with van der Waals surface area (Å²) in [6.45, 7) is 4.53. The Morgan fingerprint density at radius 3 is 1.80 bits per heavy atom. The molecule has 1 saturated heterocycles. The summed E-state index contributed by atoms with van der Waals surface area (Å²) in [6, 6.07) is 30.9. The lowest BCUT2D eigenvalue weighted by Crippen LogP contribution is -2.46. The number of benzene rings is 3. The number of hydrogen-bond acceptors (Lipinski definition) is 7. The zero-order valence-corrected chi connectivity index (χ0v) is 25.2. The van der Waals surface area contributed by atoms with E-state index in [1.54, 1.807) is 0 Å². The molecular weight excluding hydrogens is 542 g/mol. The number of carbonyl (C=O) groups is 1. The van der Waals surface area contributed by atoms with Crippen LogP contribution >= 0.6 is 11.8 Å². The van der Waals surface area contributed by atoms with Crippen LogP contribution < -0.4 is 5.32 Å². The van der Waals surface area contributed by atoms with Crippen molar-refractivity contribution in [3.05, 3.63) is 108 Å². The first-order chi connectivity index (χ1) is 19.1. The second kappa shape index (κ2) is 13.3. The molecule has 4 rings (SSSR count). The highest BCUT2D eigenvalue weighted by Crippen LogP contribution is 2.51. The Balaban J connectivity index is 1.69. The van der Waals surface area contributed by atoms with Crippen LogP contribution in [0.25, 0.3) is 0 Å². The van der Waals surface area contributed by atoms with Crippen molar-refractivity contribution < 1.29 is 22.7 Å². The van der Waals surface area contributed by atoms with E-state index in [1.165, 1.54) is 13.4 Å². The molecule has 0 saturated carbocycles. The van der Waals surface area contributed by atoms with Crippen molar-refractivity contribution in [2.45, 2.75) is 54.3 Å². The van der Waals surface area contributed by atoms with Gasteiger partial charge in [0.05, 0.1) is 11.9 Å². The van der Waals surface area contributed by atoms with Crippen LogP contribution in [0.3, 0.4) is 0 Å². The van der Waals surface area contributed by atoms with E-state index in [9.17, 15) is 13.2 Å². The standard InChI is InChI=1S/C32H39NO5S2/c1-23(2)20-29(30(34)37-3)38-31(40(4,35)36)28-21-27(22-33-28)39-32(24-14-8-5-9-15-24,25-16-10-6-11-17-25)26-18-12-7-13-19-26/h5-19,23,27-29,31,33H,20-22H2,1-4H3/t27?,28?,29-,31?/m0/s1. The SMILES string of the molecule is COC(=O)[C@H](CC(C)C)OC(C1CC(SC(c2ccccc2)(c2ccccc2)c2ccccc2)CN1)S(C)(=O)=O. The maximum Gasteiger partial charge on any atom is 0.335 e. The Labute approximate surface area is 242 Å². The molecule has 3 unspecified atom stereocenters. The van der Waals surface area contributed by atoms with Gasteiger partial charge in [0.1, 0.15) is 0 Å². The molecule has 0 radical (unpaired) electrons. The summed E-state index contributed by atoms with van der Waals surface area (Å²) < 4.78 is 36.5. The molecule has 8 heteroatoms. The summed E-state index contributed by atoms with van der Waals surface area (Å²) in [7, 11) is -2.35. The monoisotopic (exact) mass is 581 g/mol. The molecule has 0 bridgehead atoms. The molecule has 214 valence electrons. The van der Waals surface area contributed by atoms with Crippen LogP contribution in [0.1, 0.15) is 43.4 Å². The van der Waals surface area contributed by atoms with Crippen molar-refractivity contribution in [1.29, 1.82) is 0 Å². The molecule has 40 heavy (non-hydrogen) atoms. The lowest BCUT2D eigenvalue weighted by atomic mass is 9.84. The molecule has 0 spiro atoms. The summed E-state index contributed by atoms with van der Waals surface area (Å²) in [6.07, 6.45) is 1.16. The molecule has 0 amide bonds. The van der Waals surface area contributed by atoms with Gasteiger partial charge < -0.3 is 14.8 Å². The van der Waals surface area contributed by atoms with E-state index in [2.05, 4.69) is 78.1 Å². The zero-order valence-electron chi connectivity index (χ0n) is 23.5. The van der Waals surface area contributed by atoms with E-state index in [0.29, 0.717) is 19.4 Å². The third kappa shape index (κ3) is 6.97. The highest BCUT2D eigenvalue weighted by molar-refractivity contribution is 8.01. The minimum absolute atomic E-state index is 0.0696. The highest BCUT2D eigenvalue weighted by Gasteiger charge is 2.45. The predicted molar refractivity (Wildman–Crippen MR) is 162 cm³/mol. The van der Waals surface area contributed by atoms with E-state index in [0.717, 1.165) is 16.7 Å². The fraction of sp³-hybridized carbons (Fsp3) is 0.406. The van der Waals surface area contributed by atoms with E-state index in [4.69, 9.17) is 9.47 Å². The Bertz CT molecular complexity index is 1240. The number of methoxy groups -OCH3 is 1.